The topological polar surface area (TPSA) is 62.8 Å². The van der Waals surface area contributed by atoms with Gasteiger partial charge in [-0.25, -0.2) is 14.4 Å². The van der Waals surface area contributed by atoms with Crippen LogP contribution in [0.4, 0.5) is 15.9 Å². The van der Waals surface area contributed by atoms with Crippen molar-refractivity contribution in [3.8, 4) is 11.5 Å². The lowest BCUT2D eigenvalue weighted by Gasteiger charge is -2.34. The molecule has 0 spiro atoms. The minimum atomic E-state index is -0.375. The molecule has 0 aliphatic carbocycles. The standard InChI is InChI=1S/C23H25BrFN5O2/c1-29-7-9-30(10-8-29)6-5-15-13-31-20-11-16-19(12-21(20)32-15)26-14-27-23(16)28-18-4-2-3-17(24)22(18)25/h2-4,11-12,14-15H,5-10,13H2,1H3,(H,26,27,28). The van der Waals surface area contributed by atoms with Gasteiger partial charge in [0, 0.05) is 50.6 Å². The van der Waals surface area contributed by atoms with Crippen molar-refractivity contribution in [1.82, 2.24) is 19.8 Å². The van der Waals surface area contributed by atoms with Crippen LogP contribution in [0, 0.1) is 5.82 Å². The van der Waals surface area contributed by atoms with Crippen LogP contribution in [0.2, 0.25) is 0 Å². The van der Waals surface area contributed by atoms with Gasteiger partial charge in [-0.3, -0.25) is 0 Å². The fourth-order valence-electron chi connectivity index (χ4n) is 4.03. The number of ether oxygens (including phenoxy) is 2. The molecule has 1 aromatic heterocycles. The Hall–Kier alpha value is -2.49. The molecule has 2 aliphatic rings. The third-order valence-corrected chi connectivity index (χ3v) is 6.60. The van der Waals surface area contributed by atoms with Crippen LogP contribution < -0.4 is 14.8 Å². The molecule has 7 nitrogen and oxygen atoms in total. The van der Waals surface area contributed by atoms with Crippen molar-refractivity contribution in [1.29, 1.82) is 0 Å². The van der Waals surface area contributed by atoms with Gasteiger partial charge in [-0.2, -0.15) is 0 Å². The molecule has 2 aliphatic heterocycles. The second-order valence-corrected chi connectivity index (χ2v) is 9.10. The number of fused-ring (bicyclic) bond motifs is 2. The molecule has 1 saturated heterocycles. The predicted octanol–water partition coefficient (Wildman–Crippen LogP) is 4.05. The van der Waals surface area contributed by atoms with Crippen molar-refractivity contribution < 1.29 is 13.9 Å². The molecule has 168 valence electrons. The number of nitrogens with one attached hydrogen (secondary N) is 1. The first-order valence-corrected chi connectivity index (χ1v) is 11.6. The smallest absolute Gasteiger partial charge is 0.163 e. The summed E-state index contributed by atoms with van der Waals surface area (Å²) in [5.74, 6) is 1.47. The largest absolute Gasteiger partial charge is 0.486 e. The van der Waals surface area contributed by atoms with Crippen molar-refractivity contribution in [2.45, 2.75) is 12.5 Å². The molecule has 0 radical (unpaired) electrons. The normalized spacial score (nSPS) is 19.3. The number of likely N-dealkylation sites (N-methyl/N-ethyl adjacent to an activating group) is 1. The van der Waals surface area contributed by atoms with Gasteiger partial charge in [0.1, 0.15) is 24.9 Å². The highest BCUT2D eigenvalue weighted by atomic mass is 79.9. The number of rotatable bonds is 5. The van der Waals surface area contributed by atoms with E-state index in [1.165, 1.54) is 6.33 Å². The van der Waals surface area contributed by atoms with E-state index >= 15 is 0 Å². The zero-order valence-electron chi connectivity index (χ0n) is 17.9. The number of nitrogens with zero attached hydrogens (tertiary/aromatic N) is 4. The van der Waals surface area contributed by atoms with Crippen LogP contribution in [0.1, 0.15) is 6.42 Å². The van der Waals surface area contributed by atoms with Crippen molar-refractivity contribution in [2.24, 2.45) is 0 Å². The number of benzene rings is 2. The molecule has 1 fully saturated rings. The highest BCUT2D eigenvalue weighted by Gasteiger charge is 2.24. The van der Waals surface area contributed by atoms with Gasteiger partial charge in [0.25, 0.3) is 0 Å². The van der Waals surface area contributed by atoms with Crippen molar-refractivity contribution in [2.75, 3.05) is 51.7 Å². The highest BCUT2D eigenvalue weighted by Crippen LogP contribution is 2.38. The van der Waals surface area contributed by atoms with E-state index in [4.69, 9.17) is 9.47 Å². The maximum atomic E-state index is 14.4. The molecule has 1 atom stereocenters. The van der Waals surface area contributed by atoms with E-state index in [1.807, 2.05) is 12.1 Å². The van der Waals surface area contributed by atoms with Gasteiger partial charge in [0.2, 0.25) is 0 Å². The first kappa shape index (κ1) is 21.4. The van der Waals surface area contributed by atoms with E-state index in [9.17, 15) is 4.39 Å². The maximum absolute atomic E-state index is 14.4. The van der Waals surface area contributed by atoms with E-state index in [0.717, 1.165) is 44.5 Å². The molecule has 0 amide bonds. The second kappa shape index (κ2) is 9.17. The molecule has 1 unspecified atom stereocenters. The molecule has 0 saturated carbocycles. The minimum Gasteiger partial charge on any atom is -0.486 e. The van der Waals surface area contributed by atoms with Crippen LogP contribution in [0.25, 0.3) is 10.9 Å². The maximum Gasteiger partial charge on any atom is 0.163 e. The van der Waals surface area contributed by atoms with Gasteiger partial charge < -0.3 is 24.6 Å². The molecular formula is C23H25BrFN5O2. The van der Waals surface area contributed by atoms with Gasteiger partial charge >= 0.3 is 0 Å². The zero-order chi connectivity index (χ0) is 22.1. The number of hydrogen-bond donors (Lipinski definition) is 1. The quantitative estimate of drug-likeness (QED) is 0.565. The SMILES string of the molecule is CN1CCN(CCC2COc3cc4c(Nc5cccc(Br)c5F)ncnc4cc3O2)CC1. The Morgan fingerprint density at radius 1 is 1.16 bits per heavy atom. The number of aromatic nitrogens is 2. The Labute approximate surface area is 194 Å². The number of piperazine rings is 1. The van der Waals surface area contributed by atoms with Crippen LogP contribution in [-0.4, -0.2) is 72.3 Å². The first-order valence-electron chi connectivity index (χ1n) is 10.8. The van der Waals surface area contributed by atoms with Crippen molar-refractivity contribution in [3.63, 3.8) is 0 Å². The summed E-state index contributed by atoms with van der Waals surface area (Å²) >= 11 is 3.22. The van der Waals surface area contributed by atoms with Crippen LogP contribution in [0.15, 0.2) is 41.1 Å². The van der Waals surface area contributed by atoms with E-state index in [1.54, 1.807) is 18.2 Å². The summed E-state index contributed by atoms with van der Waals surface area (Å²) in [5, 5.41) is 3.81. The molecule has 3 aromatic rings. The fraction of sp³-hybridized carbons (Fsp3) is 0.391. The Morgan fingerprint density at radius 3 is 2.84 bits per heavy atom. The van der Waals surface area contributed by atoms with Crippen molar-refractivity contribution in [3.05, 3.63) is 46.9 Å². The summed E-state index contributed by atoms with van der Waals surface area (Å²) in [7, 11) is 2.16. The highest BCUT2D eigenvalue weighted by molar-refractivity contribution is 9.10. The molecule has 3 heterocycles. The summed E-state index contributed by atoms with van der Waals surface area (Å²) < 4.78 is 27.1. The number of anilines is 2. The average molecular weight is 502 g/mol. The van der Waals surface area contributed by atoms with Gasteiger partial charge in [-0.15, -0.1) is 0 Å². The molecular weight excluding hydrogens is 477 g/mol. The van der Waals surface area contributed by atoms with E-state index in [0.29, 0.717) is 39.6 Å². The Bertz CT molecular complexity index is 1120. The predicted molar refractivity (Wildman–Crippen MR) is 125 cm³/mol. The lowest BCUT2D eigenvalue weighted by molar-refractivity contribution is 0.0679. The minimum absolute atomic E-state index is 0.00908. The van der Waals surface area contributed by atoms with Crippen LogP contribution in [0.5, 0.6) is 11.5 Å². The van der Waals surface area contributed by atoms with E-state index in [-0.39, 0.29) is 11.9 Å². The first-order chi connectivity index (χ1) is 15.6. The third kappa shape index (κ3) is 4.51. The zero-order valence-corrected chi connectivity index (χ0v) is 19.4. The van der Waals surface area contributed by atoms with Crippen molar-refractivity contribution >= 4 is 38.3 Å². The average Bonchev–Trinajstić information content (AvgIpc) is 2.80. The Kier molecular flexibility index (Phi) is 6.12. The van der Waals surface area contributed by atoms with Crippen LogP contribution >= 0.6 is 15.9 Å². The van der Waals surface area contributed by atoms with Crippen LogP contribution in [-0.2, 0) is 0 Å². The van der Waals surface area contributed by atoms with E-state index in [2.05, 4.69) is 48.1 Å². The summed E-state index contributed by atoms with van der Waals surface area (Å²) in [6.07, 6.45) is 2.39. The Morgan fingerprint density at radius 2 is 2.00 bits per heavy atom. The van der Waals surface area contributed by atoms with Gasteiger partial charge in [-0.1, -0.05) is 6.07 Å². The summed E-state index contributed by atoms with van der Waals surface area (Å²) in [6, 6.07) is 8.81. The summed E-state index contributed by atoms with van der Waals surface area (Å²) in [4.78, 5) is 13.5. The molecule has 9 heteroatoms. The van der Waals surface area contributed by atoms with Gasteiger partial charge in [-0.05, 0) is 41.2 Å². The fourth-order valence-corrected chi connectivity index (χ4v) is 4.40. The molecule has 2 aromatic carbocycles. The molecule has 0 bridgehead atoms. The van der Waals surface area contributed by atoms with Crippen LogP contribution in [0.3, 0.4) is 0 Å². The Balaban J connectivity index is 1.32. The summed E-state index contributed by atoms with van der Waals surface area (Å²) in [6.45, 7) is 5.91. The molecule has 32 heavy (non-hydrogen) atoms. The van der Waals surface area contributed by atoms with Gasteiger partial charge in [0.15, 0.2) is 17.3 Å². The number of hydrogen-bond acceptors (Lipinski definition) is 7. The monoisotopic (exact) mass is 501 g/mol. The van der Waals surface area contributed by atoms with Gasteiger partial charge in [0.05, 0.1) is 15.7 Å². The molecule has 5 rings (SSSR count). The second-order valence-electron chi connectivity index (χ2n) is 8.25. The lowest BCUT2D eigenvalue weighted by atomic mass is 10.1. The number of halogens is 2. The summed E-state index contributed by atoms with van der Waals surface area (Å²) in [5.41, 5.74) is 1.04. The molecule has 1 N–H and O–H groups in total. The lowest BCUT2D eigenvalue weighted by Crippen LogP contribution is -2.45. The van der Waals surface area contributed by atoms with E-state index < -0.39 is 0 Å². The third-order valence-electron chi connectivity index (χ3n) is 5.99.